The molecule has 0 radical (unpaired) electrons. The van der Waals surface area contributed by atoms with Gasteiger partial charge in [-0.3, -0.25) is 0 Å². The van der Waals surface area contributed by atoms with Crippen molar-refractivity contribution in [1.29, 1.82) is 0 Å². The zero-order chi connectivity index (χ0) is 9.84. The first kappa shape index (κ1) is 10.3. The van der Waals surface area contributed by atoms with Crippen LogP contribution in [0.2, 0.25) is 0 Å². The second-order valence-corrected chi connectivity index (χ2v) is 3.54. The normalized spacial score (nSPS) is 27.8. The lowest BCUT2D eigenvalue weighted by atomic mass is 10.1. The summed E-state index contributed by atoms with van der Waals surface area (Å²) in [5, 5.41) is 0. The molecule has 0 aromatic heterocycles. The minimum Gasteiger partial charge on any atom is -0.450 e. The predicted octanol–water partition coefficient (Wildman–Crippen LogP) is 0.812. The van der Waals surface area contributed by atoms with E-state index < -0.39 is 0 Å². The van der Waals surface area contributed by atoms with E-state index in [2.05, 4.69) is 0 Å². The smallest absolute Gasteiger partial charge is 0.409 e. The van der Waals surface area contributed by atoms with E-state index in [0.29, 0.717) is 19.1 Å². The molecule has 1 heterocycles. The maximum Gasteiger partial charge on any atom is 0.409 e. The number of rotatable bonds is 2. The van der Waals surface area contributed by atoms with Gasteiger partial charge in [-0.05, 0) is 32.7 Å². The average molecular weight is 186 g/mol. The van der Waals surface area contributed by atoms with Gasteiger partial charge in [0, 0.05) is 12.6 Å². The van der Waals surface area contributed by atoms with Gasteiger partial charge in [-0.25, -0.2) is 4.79 Å². The van der Waals surface area contributed by atoms with E-state index >= 15 is 0 Å². The van der Waals surface area contributed by atoms with Gasteiger partial charge < -0.3 is 15.4 Å². The van der Waals surface area contributed by atoms with Crippen LogP contribution >= 0.6 is 0 Å². The molecule has 1 saturated heterocycles. The van der Waals surface area contributed by atoms with Crippen molar-refractivity contribution in [2.75, 3.05) is 19.7 Å². The number of nitrogens with two attached hydrogens (primary N) is 1. The van der Waals surface area contributed by atoms with E-state index in [1.165, 1.54) is 0 Å². The molecule has 1 amide bonds. The molecule has 13 heavy (non-hydrogen) atoms. The fourth-order valence-corrected chi connectivity index (χ4v) is 1.77. The second kappa shape index (κ2) is 4.46. The Morgan fingerprint density at radius 2 is 2.38 bits per heavy atom. The molecule has 0 aromatic carbocycles. The van der Waals surface area contributed by atoms with E-state index in [-0.39, 0.29) is 12.1 Å². The fourth-order valence-electron chi connectivity index (χ4n) is 1.77. The first-order chi connectivity index (χ1) is 6.19. The van der Waals surface area contributed by atoms with E-state index in [0.717, 1.165) is 13.0 Å². The van der Waals surface area contributed by atoms with Gasteiger partial charge in [-0.1, -0.05) is 0 Å². The summed E-state index contributed by atoms with van der Waals surface area (Å²) in [6, 6.07) is 0.271. The molecule has 1 rings (SSSR count). The molecule has 0 aromatic rings. The minimum absolute atomic E-state index is 0.203. The van der Waals surface area contributed by atoms with Crippen molar-refractivity contribution in [3.63, 3.8) is 0 Å². The van der Waals surface area contributed by atoms with Crippen molar-refractivity contribution < 1.29 is 9.53 Å². The third kappa shape index (κ3) is 2.34. The molecular weight excluding hydrogens is 168 g/mol. The first-order valence-corrected chi connectivity index (χ1v) is 4.82. The van der Waals surface area contributed by atoms with E-state index in [1.807, 2.05) is 13.8 Å². The number of ether oxygens (including phenoxy) is 1. The zero-order valence-corrected chi connectivity index (χ0v) is 8.32. The molecule has 1 aliphatic rings. The van der Waals surface area contributed by atoms with Crippen molar-refractivity contribution in [3.8, 4) is 0 Å². The van der Waals surface area contributed by atoms with Gasteiger partial charge in [0.05, 0.1) is 6.61 Å². The lowest BCUT2D eigenvalue weighted by Gasteiger charge is -2.20. The SMILES string of the molecule is CCOC(=O)N1CC(CN)CC1C. The van der Waals surface area contributed by atoms with Crippen molar-refractivity contribution in [3.05, 3.63) is 0 Å². The molecule has 0 saturated carbocycles. The maximum atomic E-state index is 11.4. The van der Waals surface area contributed by atoms with Crippen LogP contribution < -0.4 is 5.73 Å². The molecule has 2 atom stereocenters. The Kier molecular flexibility index (Phi) is 3.54. The van der Waals surface area contributed by atoms with Crippen LogP contribution in [0.15, 0.2) is 0 Å². The van der Waals surface area contributed by atoms with Gasteiger partial charge in [-0.15, -0.1) is 0 Å². The largest absolute Gasteiger partial charge is 0.450 e. The second-order valence-electron chi connectivity index (χ2n) is 3.54. The molecule has 1 aliphatic heterocycles. The van der Waals surface area contributed by atoms with Crippen molar-refractivity contribution >= 4 is 6.09 Å². The van der Waals surface area contributed by atoms with Crippen molar-refractivity contribution in [2.45, 2.75) is 26.3 Å². The number of carbonyl (C=O) groups is 1. The summed E-state index contributed by atoms with van der Waals surface area (Å²) >= 11 is 0. The molecule has 0 spiro atoms. The van der Waals surface area contributed by atoms with Gasteiger partial charge in [0.25, 0.3) is 0 Å². The van der Waals surface area contributed by atoms with Gasteiger partial charge in [0.1, 0.15) is 0 Å². The molecule has 76 valence electrons. The highest BCUT2D eigenvalue weighted by Gasteiger charge is 2.32. The van der Waals surface area contributed by atoms with Crippen LogP contribution in [-0.2, 0) is 4.74 Å². The van der Waals surface area contributed by atoms with Crippen LogP contribution in [0.4, 0.5) is 4.79 Å². The lowest BCUT2D eigenvalue weighted by molar-refractivity contribution is 0.104. The van der Waals surface area contributed by atoms with Crippen molar-refractivity contribution in [1.82, 2.24) is 4.90 Å². The third-order valence-electron chi connectivity index (χ3n) is 2.50. The van der Waals surface area contributed by atoms with Crippen molar-refractivity contribution in [2.24, 2.45) is 11.7 Å². The number of carbonyl (C=O) groups excluding carboxylic acids is 1. The topological polar surface area (TPSA) is 55.6 Å². The number of likely N-dealkylation sites (tertiary alicyclic amines) is 1. The summed E-state index contributed by atoms with van der Waals surface area (Å²) in [6.07, 6.45) is 0.793. The quantitative estimate of drug-likeness (QED) is 0.694. The van der Waals surface area contributed by atoms with E-state index in [1.54, 1.807) is 4.90 Å². The standard InChI is InChI=1S/C9H18N2O2/c1-3-13-9(12)11-6-8(5-10)4-7(11)2/h7-8H,3-6,10H2,1-2H3. The molecule has 0 aliphatic carbocycles. The predicted molar refractivity (Wildman–Crippen MR) is 50.4 cm³/mol. The molecule has 2 N–H and O–H groups in total. The van der Waals surface area contributed by atoms with Crippen LogP contribution in [0.1, 0.15) is 20.3 Å². The van der Waals surface area contributed by atoms with Crippen LogP contribution in [0.5, 0.6) is 0 Å². The van der Waals surface area contributed by atoms with E-state index in [9.17, 15) is 4.79 Å². The Morgan fingerprint density at radius 3 is 2.85 bits per heavy atom. The summed E-state index contributed by atoms with van der Waals surface area (Å²) in [6.45, 7) is 5.69. The Balaban J connectivity index is 2.46. The molecular formula is C9H18N2O2. The highest BCUT2D eigenvalue weighted by molar-refractivity contribution is 5.68. The highest BCUT2D eigenvalue weighted by Crippen LogP contribution is 2.22. The number of amides is 1. The van der Waals surface area contributed by atoms with Crippen LogP contribution in [0.3, 0.4) is 0 Å². The average Bonchev–Trinajstić information content (AvgIpc) is 2.47. The van der Waals surface area contributed by atoms with Gasteiger partial charge in [-0.2, -0.15) is 0 Å². The molecule has 0 bridgehead atoms. The number of hydrogen-bond donors (Lipinski definition) is 1. The summed E-state index contributed by atoms with van der Waals surface area (Å²) < 4.78 is 4.94. The Labute approximate surface area is 79.0 Å². The molecule has 2 unspecified atom stereocenters. The summed E-state index contributed by atoms with van der Waals surface area (Å²) in [4.78, 5) is 13.1. The number of nitrogens with zero attached hydrogens (tertiary/aromatic N) is 1. The molecule has 4 nitrogen and oxygen atoms in total. The zero-order valence-electron chi connectivity index (χ0n) is 8.32. The van der Waals surface area contributed by atoms with Gasteiger partial charge >= 0.3 is 6.09 Å². The van der Waals surface area contributed by atoms with Crippen LogP contribution in [0, 0.1) is 5.92 Å². The Hall–Kier alpha value is -0.770. The monoisotopic (exact) mass is 186 g/mol. The summed E-state index contributed by atoms with van der Waals surface area (Å²) in [5.41, 5.74) is 5.55. The Bertz CT molecular complexity index is 184. The number of hydrogen-bond acceptors (Lipinski definition) is 3. The van der Waals surface area contributed by atoms with E-state index in [4.69, 9.17) is 10.5 Å². The Morgan fingerprint density at radius 1 is 1.69 bits per heavy atom. The first-order valence-electron chi connectivity index (χ1n) is 4.82. The summed E-state index contributed by atoms with van der Waals surface area (Å²) in [5.74, 6) is 0.444. The third-order valence-corrected chi connectivity index (χ3v) is 2.50. The molecule has 1 fully saturated rings. The summed E-state index contributed by atoms with van der Waals surface area (Å²) in [7, 11) is 0. The van der Waals surface area contributed by atoms with Crippen LogP contribution in [0.25, 0.3) is 0 Å². The highest BCUT2D eigenvalue weighted by atomic mass is 16.6. The molecule has 4 heteroatoms. The van der Waals surface area contributed by atoms with Crippen LogP contribution in [-0.4, -0.2) is 36.7 Å². The lowest BCUT2D eigenvalue weighted by Crippen LogP contribution is -2.34. The van der Waals surface area contributed by atoms with Gasteiger partial charge in [0.2, 0.25) is 0 Å². The maximum absolute atomic E-state index is 11.4. The fraction of sp³-hybridized carbons (Fsp3) is 0.889. The minimum atomic E-state index is -0.203. The van der Waals surface area contributed by atoms with Gasteiger partial charge in [0.15, 0.2) is 0 Å².